The fourth-order valence-corrected chi connectivity index (χ4v) is 5.42. The molecule has 1 saturated heterocycles. The van der Waals surface area contributed by atoms with Crippen LogP contribution < -0.4 is 0 Å². The largest absolute Gasteiger partial charge is 0.379 e. The van der Waals surface area contributed by atoms with Crippen molar-refractivity contribution >= 4 is 22.0 Å². The minimum absolute atomic E-state index is 0.0221. The van der Waals surface area contributed by atoms with E-state index in [0.29, 0.717) is 44.2 Å². The van der Waals surface area contributed by atoms with Crippen molar-refractivity contribution in [1.29, 1.82) is 0 Å². The van der Waals surface area contributed by atoms with Gasteiger partial charge in [-0.3, -0.25) is 4.79 Å². The van der Waals surface area contributed by atoms with E-state index in [9.17, 15) is 13.2 Å². The van der Waals surface area contributed by atoms with Crippen LogP contribution in [0.3, 0.4) is 0 Å². The smallest absolute Gasteiger partial charge is 0.246 e. The Bertz CT molecular complexity index is 824. The van der Waals surface area contributed by atoms with Crippen LogP contribution >= 0.6 is 0 Å². The maximum atomic E-state index is 12.7. The third-order valence-corrected chi connectivity index (χ3v) is 7.82. The standard InChI is InChI=1S/C21H28N2O4S/c1-22(21(17-5-6-17)18-7-8-18)20(24)11-4-16-2-9-19(10-3-16)28(25,26)23-12-14-27-15-13-23/h2-4,9-11,17-18,21H,5-8,12-15H2,1H3/b11-4+. The molecule has 1 aromatic carbocycles. The first-order valence-corrected chi connectivity index (χ1v) is 11.5. The maximum absolute atomic E-state index is 12.7. The lowest BCUT2D eigenvalue weighted by atomic mass is 10.1. The highest BCUT2D eigenvalue weighted by molar-refractivity contribution is 7.89. The van der Waals surface area contributed by atoms with E-state index in [1.165, 1.54) is 30.0 Å². The van der Waals surface area contributed by atoms with Crippen molar-refractivity contribution in [2.45, 2.75) is 36.6 Å². The fraction of sp³-hybridized carbons (Fsp3) is 0.571. The predicted octanol–water partition coefficient (Wildman–Crippen LogP) is 2.37. The first-order chi connectivity index (χ1) is 13.5. The molecule has 1 aromatic rings. The van der Waals surface area contributed by atoms with E-state index in [-0.39, 0.29) is 10.8 Å². The Hall–Kier alpha value is -1.70. The Morgan fingerprint density at radius 3 is 2.21 bits per heavy atom. The van der Waals surface area contributed by atoms with E-state index in [1.807, 2.05) is 11.9 Å². The Balaban J connectivity index is 1.40. The number of amides is 1. The van der Waals surface area contributed by atoms with Gasteiger partial charge < -0.3 is 9.64 Å². The van der Waals surface area contributed by atoms with Gasteiger partial charge in [0.15, 0.2) is 0 Å². The van der Waals surface area contributed by atoms with Crippen LogP contribution in [0.5, 0.6) is 0 Å². The molecule has 0 N–H and O–H groups in total. The predicted molar refractivity (Wildman–Crippen MR) is 107 cm³/mol. The molecule has 0 atom stereocenters. The number of nitrogens with zero attached hydrogens (tertiary/aromatic N) is 2. The van der Waals surface area contributed by atoms with E-state index in [1.54, 1.807) is 36.4 Å². The lowest BCUT2D eigenvalue weighted by molar-refractivity contribution is -0.127. The molecule has 1 heterocycles. The molecular formula is C21H28N2O4S. The van der Waals surface area contributed by atoms with Gasteiger partial charge in [-0.25, -0.2) is 8.42 Å². The molecule has 6 nitrogen and oxygen atoms in total. The summed E-state index contributed by atoms with van der Waals surface area (Å²) < 4.78 is 32.0. The molecule has 1 amide bonds. The van der Waals surface area contributed by atoms with Gasteiger partial charge in [-0.2, -0.15) is 4.31 Å². The SMILES string of the molecule is CN(C(=O)/C=C/c1ccc(S(=O)(=O)N2CCOCC2)cc1)C(C1CC1)C1CC1. The summed E-state index contributed by atoms with van der Waals surface area (Å²) in [5.41, 5.74) is 0.817. The summed E-state index contributed by atoms with van der Waals surface area (Å²) in [6, 6.07) is 7.09. The average Bonchev–Trinajstić information content (AvgIpc) is 3.62. The fourth-order valence-electron chi connectivity index (χ4n) is 4.01. The summed E-state index contributed by atoms with van der Waals surface area (Å²) in [5.74, 6) is 1.38. The van der Waals surface area contributed by atoms with Gasteiger partial charge in [-0.1, -0.05) is 12.1 Å². The van der Waals surface area contributed by atoms with Gasteiger partial charge >= 0.3 is 0 Å². The number of carbonyl (C=O) groups excluding carboxylic acids is 1. The van der Waals surface area contributed by atoms with E-state index in [4.69, 9.17) is 4.74 Å². The highest BCUT2D eigenvalue weighted by atomic mass is 32.2. The van der Waals surface area contributed by atoms with Crippen LogP contribution in [0, 0.1) is 11.8 Å². The zero-order chi connectivity index (χ0) is 19.7. The van der Waals surface area contributed by atoms with Crippen LogP contribution in [-0.4, -0.2) is 62.9 Å². The number of carbonyl (C=O) groups is 1. The van der Waals surface area contributed by atoms with Gasteiger partial charge in [0.25, 0.3) is 0 Å². The number of likely N-dealkylation sites (N-methyl/N-ethyl adjacent to an activating group) is 1. The molecule has 0 spiro atoms. The van der Waals surface area contributed by atoms with E-state index in [2.05, 4.69) is 0 Å². The van der Waals surface area contributed by atoms with Gasteiger partial charge in [-0.15, -0.1) is 0 Å². The molecule has 1 aliphatic heterocycles. The third-order valence-electron chi connectivity index (χ3n) is 5.91. The second-order valence-electron chi connectivity index (χ2n) is 8.03. The molecule has 4 rings (SSSR count). The summed E-state index contributed by atoms with van der Waals surface area (Å²) >= 11 is 0. The van der Waals surface area contributed by atoms with Crippen LogP contribution in [0.25, 0.3) is 6.08 Å². The normalized spacial score (nSPS) is 21.4. The van der Waals surface area contributed by atoms with Gasteiger partial charge in [0.1, 0.15) is 0 Å². The van der Waals surface area contributed by atoms with Crippen molar-refractivity contribution in [3.05, 3.63) is 35.9 Å². The molecule has 2 saturated carbocycles. The maximum Gasteiger partial charge on any atom is 0.246 e. The number of morpholine rings is 1. The Morgan fingerprint density at radius 2 is 1.68 bits per heavy atom. The number of rotatable bonds is 7. The van der Waals surface area contributed by atoms with Crippen LogP contribution in [0.1, 0.15) is 31.2 Å². The lowest BCUT2D eigenvalue weighted by Gasteiger charge is -2.27. The van der Waals surface area contributed by atoms with E-state index >= 15 is 0 Å². The number of benzene rings is 1. The molecule has 0 radical (unpaired) electrons. The molecule has 28 heavy (non-hydrogen) atoms. The van der Waals surface area contributed by atoms with Gasteiger partial charge in [0.05, 0.1) is 18.1 Å². The van der Waals surface area contributed by atoms with Crippen LogP contribution in [0.15, 0.2) is 35.2 Å². The molecule has 3 aliphatic rings. The minimum atomic E-state index is -3.49. The molecular weight excluding hydrogens is 376 g/mol. The Labute approximate surface area is 167 Å². The molecule has 0 unspecified atom stereocenters. The number of hydrogen-bond acceptors (Lipinski definition) is 4. The topological polar surface area (TPSA) is 66.9 Å². The quantitative estimate of drug-likeness (QED) is 0.655. The Kier molecular flexibility index (Phi) is 5.58. The first kappa shape index (κ1) is 19.6. The van der Waals surface area contributed by atoms with Crippen LogP contribution in [0.4, 0.5) is 0 Å². The number of ether oxygens (including phenoxy) is 1. The zero-order valence-electron chi connectivity index (χ0n) is 16.3. The van der Waals surface area contributed by atoms with Crippen molar-refractivity contribution in [3.63, 3.8) is 0 Å². The highest BCUT2D eigenvalue weighted by Gasteiger charge is 2.44. The van der Waals surface area contributed by atoms with Crippen molar-refractivity contribution < 1.29 is 17.9 Å². The van der Waals surface area contributed by atoms with Crippen molar-refractivity contribution in [2.75, 3.05) is 33.4 Å². The summed E-state index contributed by atoms with van der Waals surface area (Å²) in [6.07, 6.45) is 8.32. The summed E-state index contributed by atoms with van der Waals surface area (Å²) in [5, 5.41) is 0. The van der Waals surface area contributed by atoms with Crippen molar-refractivity contribution in [2.24, 2.45) is 11.8 Å². The van der Waals surface area contributed by atoms with E-state index < -0.39 is 10.0 Å². The minimum Gasteiger partial charge on any atom is -0.379 e. The van der Waals surface area contributed by atoms with E-state index in [0.717, 1.165) is 5.56 Å². The summed E-state index contributed by atoms with van der Waals surface area (Å²) in [7, 11) is -1.58. The molecule has 152 valence electrons. The van der Waals surface area contributed by atoms with Crippen molar-refractivity contribution in [3.8, 4) is 0 Å². The molecule has 3 fully saturated rings. The number of sulfonamides is 1. The second kappa shape index (κ2) is 7.97. The third kappa shape index (κ3) is 4.31. The lowest BCUT2D eigenvalue weighted by Crippen LogP contribution is -2.40. The van der Waals surface area contributed by atoms with Gasteiger partial charge in [0, 0.05) is 32.3 Å². The van der Waals surface area contributed by atoms with Gasteiger partial charge in [-0.05, 0) is 61.3 Å². The van der Waals surface area contributed by atoms with Crippen LogP contribution in [-0.2, 0) is 19.6 Å². The second-order valence-corrected chi connectivity index (χ2v) is 9.97. The average molecular weight is 405 g/mol. The highest BCUT2D eigenvalue weighted by Crippen LogP contribution is 2.46. The zero-order valence-corrected chi connectivity index (χ0v) is 17.1. The number of hydrogen-bond donors (Lipinski definition) is 0. The molecule has 2 aliphatic carbocycles. The molecule has 0 bridgehead atoms. The van der Waals surface area contributed by atoms with Crippen LogP contribution in [0.2, 0.25) is 0 Å². The Morgan fingerprint density at radius 1 is 1.11 bits per heavy atom. The summed E-state index contributed by atoms with van der Waals surface area (Å²) in [4.78, 5) is 14.8. The molecule has 0 aromatic heterocycles. The molecule has 7 heteroatoms. The monoisotopic (exact) mass is 404 g/mol. The van der Waals surface area contributed by atoms with Crippen molar-refractivity contribution in [1.82, 2.24) is 9.21 Å². The summed E-state index contributed by atoms with van der Waals surface area (Å²) in [6.45, 7) is 1.62. The van der Waals surface area contributed by atoms with Gasteiger partial charge in [0.2, 0.25) is 15.9 Å². The first-order valence-electron chi connectivity index (χ1n) is 10.1.